The van der Waals surface area contributed by atoms with Crippen LogP contribution in [0.1, 0.15) is 11.3 Å². The number of aryl methyl sites for hydroxylation is 1. The van der Waals surface area contributed by atoms with E-state index in [0.29, 0.717) is 33.3 Å². The van der Waals surface area contributed by atoms with E-state index < -0.39 is 4.92 Å². The summed E-state index contributed by atoms with van der Waals surface area (Å²) in [5, 5.41) is 30.6. The number of benzene rings is 3. The average Bonchev–Trinajstić information content (AvgIpc) is 3.41. The number of ether oxygens (including phenoxy) is 1. The van der Waals surface area contributed by atoms with E-state index in [2.05, 4.69) is 47.8 Å². The SMILES string of the molecule is COc1ccc(Nc2nc(NN=c3scc(-c4ccc(Br)cc4)n3-c3ccc([N+](=O)[O-])cc3)nc(C)c2C#N)cc1. The minimum absolute atomic E-state index is 0.00951. The fraction of sp³-hybridized carbons (Fsp3) is 0.0714. The maximum atomic E-state index is 11.2. The second kappa shape index (κ2) is 12.0. The van der Waals surface area contributed by atoms with Crippen LogP contribution in [0.2, 0.25) is 0 Å². The number of nitriles is 1. The van der Waals surface area contributed by atoms with Crippen LogP contribution in [0.25, 0.3) is 16.9 Å². The zero-order valence-electron chi connectivity index (χ0n) is 21.7. The molecule has 0 atom stereocenters. The Balaban J connectivity index is 1.54. The molecule has 0 radical (unpaired) electrons. The molecule has 0 aliphatic heterocycles. The molecule has 2 aromatic heterocycles. The molecule has 0 aliphatic rings. The number of aromatic nitrogens is 3. The van der Waals surface area contributed by atoms with Gasteiger partial charge in [0.05, 0.1) is 23.4 Å². The molecule has 2 heterocycles. The van der Waals surface area contributed by atoms with Gasteiger partial charge in [-0.25, -0.2) is 10.4 Å². The summed E-state index contributed by atoms with van der Waals surface area (Å²) in [5.74, 6) is 1.22. The third kappa shape index (κ3) is 6.08. The van der Waals surface area contributed by atoms with Gasteiger partial charge in [0.1, 0.15) is 17.4 Å². The smallest absolute Gasteiger partial charge is 0.269 e. The van der Waals surface area contributed by atoms with Crippen molar-refractivity contribution in [2.45, 2.75) is 6.92 Å². The van der Waals surface area contributed by atoms with Crippen LogP contribution < -0.4 is 20.3 Å². The molecular weight excluding hydrogens is 608 g/mol. The molecule has 0 unspecified atom stereocenters. The highest BCUT2D eigenvalue weighted by Gasteiger charge is 2.15. The molecule has 0 saturated heterocycles. The first kappa shape index (κ1) is 27.5. The molecule has 0 amide bonds. The van der Waals surface area contributed by atoms with Gasteiger partial charge in [-0.1, -0.05) is 28.1 Å². The number of anilines is 3. The number of nitro groups is 1. The molecule has 41 heavy (non-hydrogen) atoms. The van der Waals surface area contributed by atoms with Crippen molar-refractivity contribution in [3.63, 3.8) is 0 Å². The van der Waals surface area contributed by atoms with Crippen molar-refractivity contribution in [3.8, 4) is 28.8 Å². The van der Waals surface area contributed by atoms with Crippen molar-refractivity contribution in [1.29, 1.82) is 5.26 Å². The summed E-state index contributed by atoms with van der Waals surface area (Å²) in [7, 11) is 1.59. The van der Waals surface area contributed by atoms with Crippen molar-refractivity contribution in [2.24, 2.45) is 5.10 Å². The number of hydrogen-bond acceptors (Lipinski definition) is 10. The number of nitrogens with one attached hydrogen (secondary N) is 2. The maximum Gasteiger partial charge on any atom is 0.269 e. The first-order valence-corrected chi connectivity index (χ1v) is 13.7. The summed E-state index contributed by atoms with van der Waals surface area (Å²) in [5.41, 5.74) is 6.87. The molecule has 5 aromatic rings. The van der Waals surface area contributed by atoms with Crippen LogP contribution in [-0.4, -0.2) is 26.6 Å². The molecule has 204 valence electrons. The second-order valence-electron chi connectivity index (χ2n) is 8.56. The second-order valence-corrected chi connectivity index (χ2v) is 10.3. The predicted octanol–water partition coefficient (Wildman–Crippen LogP) is 6.53. The van der Waals surface area contributed by atoms with Crippen molar-refractivity contribution >= 4 is 50.4 Å². The molecule has 2 N–H and O–H groups in total. The number of rotatable bonds is 8. The van der Waals surface area contributed by atoms with Crippen LogP contribution in [0.5, 0.6) is 5.75 Å². The van der Waals surface area contributed by atoms with E-state index in [1.165, 1.54) is 23.5 Å². The van der Waals surface area contributed by atoms with Crippen LogP contribution in [0.3, 0.4) is 0 Å². The normalized spacial score (nSPS) is 11.1. The summed E-state index contributed by atoms with van der Waals surface area (Å²) in [6.07, 6.45) is 0. The summed E-state index contributed by atoms with van der Waals surface area (Å²) in [6.45, 7) is 1.72. The summed E-state index contributed by atoms with van der Waals surface area (Å²) in [6, 6.07) is 23.4. The van der Waals surface area contributed by atoms with Gasteiger partial charge < -0.3 is 10.1 Å². The van der Waals surface area contributed by atoms with E-state index in [4.69, 9.17) is 4.74 Å². The highest BCUT2D eigenvalue weighted by molar-refractivity contribution is 9.10. The minimum atomic E-state index is -0.438. The van der Waals surface area contributed by atoms with Gasteiger partial charge in [0.15, 0.2) is 5.82 Å². The van der Waals surface area contributed by atoms with E-state index in [9.17, 15) is 15.4 Å². The van der Waals surface area contributed by atoms with Gasteiger partial charge in [0, 0.05) is 33.4 Å². The number of nitrogens with zero attached hydrogens (tertiary/aromatic N) is 6. The Kier molecular flexibility index (Phi) is 8.04. The Bertz CT molecular complexity index is 1830. The Morgan fingerprint density at radius 2 is 1.78 bits per heavy atom. The molecule has 3 aromatic carbocycles. The molecule has 5 rings (SSSR count). The average molecular weight is 630 g/mol. The fourth-order valence-electron chi connectivity index (χ4n) is 3.94. The monoisotopic (exact) mass is 628 g/mol. The summed E-state index contributed by atoms with van der Waals surface area (Å²) < 4.78 is 8.04. The van der Waals surface area contributed by atoms with Gasteiger partial charge in [-0.3, -0.25) is 14.7 Å². The first-order valence-electron chi connectivity index (χ1n) is 12.1. The van der Waals surface area contributed by atoms with Crippen molar-refractivity contribution in [1.82, 2.24) is 14.5 Å². The molecule has 11 nitrogen and oxygen atoms in total. The van der Waals surface area contributed by atoms with Crippen molar-refractivity contribution in [3.05, 3.63) is 109 Å². The molecule has 0 spiro atoms. The van der Waals surface area contributed by atoms with Crippen LogP contribution in [0.4, 0.5) is 23.1 Å². The van der Waals surface area contributed by atoms with E-state index in [1.54, 1.807) is 38.3 Å². The molecule has 0 saturated carbocycles. The zero-order valence-corrected chi connectivity index (χ0v) is 24.1. The lowest BCUT2D eigenvalue weighted by atomic mass is 10.1. The quantitative estimate of drug-likeness (QED) is 0.146. The Morgan fingerprint density at radius 3 is 2.41 bits per heavy atom. The molecule has 0 aliphatic carbocycles. The standard InChI is InChI=1S/C28H21BrN8O3S/c1-17-24(15-30)26(32-20-7-13-23(40-2)14-8-20)33-27(31-17)34-35-28-36(21-9-11-22(12-10-21)37(38)39)25(16-41-28)18-3-5-19(29)6-4-18/h3-14,16H,1-2H3,(H2,31,32,33,34). The van der Waals surface area contributed by atoms with Crippen LogP contribution in [0, 0.1) is 28.4 Å². The molecule has 0 fully saturated rings. The third-order valence-electron chi connectivity index (χ3n) is 5.97. The van der Waals surface area contributed by atoms with Crippen LogP contribution in [-0.2, 0) is 0 Å². The lowest BCUT2D eigenvalue weighted by Crippen LogP contribution is -2.17. The lowest BCUT2D eigenvalue weighted by molar-refractivity contribution is -0.384. The van der Waals surface area contributed by atoms with Crippen molar-refractivity contribution in [2.75, 3.05) is 17.9 Å². The van der Waals surface area contributed by atoms with E-state index in [-0.39, 0.29) is 11.6 Å². The first-order chi connectivity index (χ1) is 19.9. The Morgan fingerprint density at radius 1 is 1.07 bits per heavy atom. The minimum Gasteiger partial charge on any atom is -0.497 e. The van der Waals surface area contributed by atoms with E-state index in [1.807, 2.05) is 46.3 Å². The topological polar surface area (TPSA) is 143 Å². The largest absolute Gasteiger partial charge is 0.497 e. The lowest BCUT2D eigenvalue weighted by Gasteiger charge is -2.11. The van der Waals surface area contributed by atoms with E-state index >= 15 is 0 Å². The van der Waals surface area contributed by atoms with Gasteiger partial charge in [-0.05, 0) is 61.0 Å². The van der Waals surface area contributed by atoms with Gasteiger partial charge in [-0.15, -0.1) is 16.4 Å². The summed E-state index contributed by atoms with van der Waals surface area (Å²) >= 11 is 4.84. The summed E-state index contributed by atoms with van der Waals surface area (Å²) in [4.78, 5) is 20.2. The van der Waals surface area contributed by atoms with Gasteiger partial charge in [0.25, 0.3) is 5.69 Å². The number of methoxy groups -OCH3 is 1. The Labute approximate surface area is 246 Å². The van der Waals surface area contributed by atoms with Gasteiger partial charge in [0.2, 0.25) is 10.7 Å². The van der Waals surface area contributed by atoms with Crippen molar-refractivity contribution < 1.29 is 9.66 Å². The predicted molar refractivity (Wildman–Crippen MR) is 160 cm³/mol. The molecule has 0 bridgehead atoms. The van der Waals surface area contributed by atoms with Gasteiger partial charge in [-0.2, -0.15) is 10.2 Å². The maximum absolute atomic E-state index is 11.2. The number of hydrogen-bond donors (Lipinski definition) is 2. The molecular formula is C28H21BrN8O3S. The fourth-order valence-corrected chi connectivity index (χ4v) is 5.07. The van der Waals surface area contributed by atoms with Crippen LogP contribution >= 0.6 is 27.3 Å². The number of thiazole rings is 1. The zero-order chi connectivity index (χ0) is 28.9. The van der Waals surface area contributed by atoms with Gasteiger partial charge >= 0.3 is 0 Å². The number of non-ortho nitro benzene ring substituents is 1. The highest BCUT2D eigenvalue weighted by Crippen LogP contribution is 2.27. The van der Waals surface area contributed by atoms with Crippen LogP contribution in [0.15, 0.2) is 87.8 Å². The number of nitro benzene ring substituents is 1. The highest BCUT2D eigenvalue weighted by atomic mass is 79.9. The molecule has 13 heteroatoms. The van der Waals surface area contributed by atoms with E-state index in [0.717, 1.165) is 21.4 Å². The Hall–Kier alpha value is -5.06. The third-order valence-corrected chi connectivity index (χ3v) is 7.33. The number of halogens is 1.